The molecular weight excluding hydrogens is 598 g/mol. The second-order valence-corrected chi connectivity index (χ2v) is 13.7. The van der Waals surface area contributed by atoms with Crippen LogP contribution < -0.4 is 14.4 Å². The topological polar surface area (TPSA) is 96.0 Å². The molecule has 2 amide bonds. The number of halogens is 1. The summed E-state index contributed by atoms with van der Waals surface area (Å²) >= 11 is 6.42. The quantitative estimate of drug-likeness (QED) is 0.247. The van der Waals surface area contributed by atoms with Crippen LogP contribution in [0.4, 0.5) is 5.69 Å². The van der Waals surface area contributed by atoms with Crippen molar-refractivity contribution >= 4 is 39.1 Å². The summed E-state index contributed by atoms with van der Waals surface area (Å²) < 4.78 is 34.5. The lowest BCUT2D eigenvalue weighted by Gasteiger charge is -2.34. The standard InChI is InChI=1S/C34H42ClN3O5S/c1-5-31(34(40)36-27-12-7-6-8-13-27)37(22-26-11-9-10-25(3)20-26)33(39)23-38(28-16-19-32(43-4)30(35)21-28)44(41,42)29-17-14-24(2)15-18-29/h9-11,14-21,27,31H,5-8,12-13,22-23H2,1-4H3,(H,36,40)/t31-/m1/s1. The van der Waals surface area contributed by atoms with Gasteiger partial charge >= 0.3 is 0 Å². The van der Waals surface area contributed by atoms with Crippen LogP contribution in [0.3, 0.4) is 0 Å². The molecule has 3 aromatic rings. The molecule has 1 aliphatic carbocycles. The van der Waals surface area contributed by atoms with E-state index in [4.69, 9.17) is 16.3 Å². The molecule has 44 heavy (non-hydrogen) atoms. The lowest BCUT2D eigenvalue weighted by atomic mass is 9.95. The number of nitrogens with one attached hydrogen (secondary N) is 1. The van der Waals surface area contributed by atoms with Gasteiger partial charge in [-0.2, -0.15) is 0 Å². The van der Waals surface area contributed by atoms with Crippen LogP contribution in [0.5, 0.6) is 5.75 Å². The molecular formula is C34H42ClN3O5S. The number of hydrogen-bond acceptors (Lipinski definition) is 5. The van der Waals surface area contributed by atoms with Gasteiger partial charge in [0.2, 0.25) is 11.8 Å². The minimum atomic E-state index is -4.20. The predicted molar refractivity (Wildman–Crippen MR) is 175 cm³/mol. The largest absolute Gasteiger partial charge is 0.495 e. The number of benzene rings is 3. The smallest absolute Gasteiger partial charge is 0.264 e. The van der Waals surface area contributed by atoms with Gasteiger partial charge in [-0.1, -0.05) is 85.3 Å². The first-order valence-electron chi connectivity index (χ1n) is 15.1. The summed E-state index contributed by atoms with van der Waals surface area (Å²) in [6.45, 7) is 5.32. The summed E-state index contributed by atoms with van der Waals surface area (Å²) in [5, 5.41) is 3.38. The molecule has 1 saturated carbocycles. The van der Waals surface area contributed by atoms with E-state index < -0.39 is 28.5 Å². The second-order valence-electron chi connectivity index (χ2n) is 11.4. The molecule has 0 radical (unpaired) electrons. The number of rotatable bonds is 12. The molecule has 1 atom stereocenters. The van der Waals surface area contributed by atoms with Crippen molar-refractivity contribution in [1.82, 2.24) is 10.2 Å². The van der Waals surface area contributed by atoms with Crippen LogP contribution in [-0.2, 0) is 26.2 Å². The molecule has 1 N–H and O–H groups in total. The van der Waals surface area contributed by atoms with Crippen LogP contribution in [0.2, 0.25) is 5.02 Å². The monoisotopic (exact) mass is 639 g/mol. The first kappa shape index (κ1) is 33.3. The molecule has 236 valence electrons. The van der Waals surface area contributed by atoms with Crippen molar-refractivity contribution in [3.05, 3.63) is 88.4 Å². The summed E-state index contributed by atoms with van der Waals surface area (Å²) in [6, 6.07) is 18.1. The van der Waals surface area contributed by atoms with Gasteiger partial charge in [-0.3, -0.25) is 13.9 Å². The number of aryl methyl sites for hydroxylation is 2. The Bertz CT molecular complexity index is 1560. The first-order valence-corrected chi connectivity index (χ1v) is 16.9. The van der Waals surface area contributed by atoms with E-state index in [0.717, 1.165) is 53.1 Å². The van der Waals surface area contributed by atoms with E-state index in [0.29, 0.717) is 12.2 Å². The van der Waals surface area contributed by atoms with Crippen molar-refractivity contribution in [2.24, 2.45) is 0 Å². The molecule has 1 fully saturated rings. The van der Waals surface area contributed by atoms with Crippen LogP contribution in [0.1, 0.15) is 62.1 Å². The zero-order valence-corrected chi connectivity index (χ0v) is 27.5. The number of methoxy groups -OCH3 is 1. The predicted octanol–water partition coefficient (Wildman–Crippen LogP) is 6.42. The minimum absolute atomic E-state index is 0.0372. The third-order valence-corrected chi connectivity index (χ3v) is 10.2. The summed E-state index contributed by atoms with van der Waals surface area (Å²) in [5.74, 6) is -0.346. The zero-order chi connectivity index (χ0) is 31.9. The number of hydrogen-bond donors (Lipinski definition) is 1. The fraction of sp³-hybridized carbons (Fsp3) is 0.412. The van der Waals surface area contributed by atoms with Crippen LogP contribution >= 0.6 is 11.6 Å². The fourth-order valence-corrected chi connectivity index (χ4v) is 7.31. The number of nitrogens with zero attached hydrogens (tertiary/aromatic N) is 2. The van der Waals surface area contributed by atoms with Crippen molar-refractivity contribution in [1.29, 1.82) is 0 Å². The molecule has 0 saturated heterocycles. The van der Waals surface area contributed by atoms with Crippen LogP contribution in [0.25, 0.3) is 0 Å². The number of anilines is 1. The Balaban J connectivity index is 1.73. The number of carbonyl (C=O) groups is 2. The van der Waals surface area contributed by atoms with E-state index in [9.17, 15) is 18.0 Å². The molecule has 0 heterocycles. The van der Waals surface area contributed by atoms with Crippen molar-refractivity contribution in [3.63, 3.8) is 0 Å². The average molecular weight is 640 g/mol. The molecule has 0 bridgehead atoms. The Kier molecular flexibility index (Phi) is 11.3. The van der Waals surface area contributed by atoms with Gasteiger partial charge in [0.15, 0.2) is 0 Å². The first-order chi connectivity index (χ1) is 21.0. The summed E-state index contributed by atoms with van der Waals surface area (Å²) in [7, 11) is -2.74. The van der Waals surface area contributed by atoms with E-state index in [1.807, 2.05) is 45.0 Å². The van der Waals surface area contributed by atoms with E-state index >= 15 is 0 Å². The second kappa shape index (κ2) is 14.9. The van der Waals surface area contributed by atoms with Gasteiger partial charge in [0.1, 0.15) is 18.3 Å². The molecule has 1 aliphatic rings. The number of ether oxygens (including phenoxy) is 1. The van der Waals surface area contributed by atoms with Crippen LogP contribution in [0, 0.1) is 13.8 Å². The molecule has 3 aromatic carbocycles. The Morgan fingerprint density at radius 1 is 0.977 bits per heavy atom. The maximum absolute atomic E-state index is 14.3. The van der Waals surface area contributed by atoms with Crippen molar-refractivity contribution in [3.8, 4) is 5.75 Å². The summed E-state index contributed by atoms with van der Waals surface area (Å²) in [5.41, 5.74) is 2.98. The molecule has 10 heteroatoms. The summed E-state index contributed by atoms with van der Waals surface area (Å²) in [6.07, 6.45) is 5.47. The molecule has 0 unspecified atom stereocenters. The van der Waals surface area contributed by atoms with E-state index in [2.05, 4.69) is 5.32 Å². The highest BCUT2D eigenvalue weighted by Gasteiger charge is 2.34. The molecule has 0 spiro atoms. The van der Waals surface area contributed by atoms with Gasteiger partial charge in [0, 0.05) is 12.6 Å². The third kappa shape index (κ3) is 8.12. The van der Waals surface area contributed by atoms with E-state index in [-0.39, 0.29) is 34.1 Å². The number of sulfonamides is 1. The number of amides is 2. The van der Waals surface area contributed by atoms with E-state index in [1.54, 1.807) is 24.3 Å². The average Bonchev–Trinajstić information content (AvgIpc) is 3.00. The molecule has 0 aliphatic heterocycles. The Labute approximate surface area is 266 Å². The van der Waals surface area contributed by atoms with Crippen molar-refractivity contribution < 1.29 is 22.7 Å². The highest BCUT2D eigenvalue weighted by molar-refractivity contribution is 7.92. The maximum atomic E-state index is 14.3. The maximum Gasteiger partial charge on any atom is 0.264 e. The highest BCUT2D eigenvalue weighted by Crippen LogP contribution is 2.32. The SMILES string of the molecule is CC[C@H](C(=O)NC1CCCCC1)N(Cc1cccc(C)c1)C(=O)CN(c1ccc(OC)c(Cl)c1)S(=O)(=O)c1ccc(C)cc1. The van der Waals surface area contributed by atoms with Gasteiger partial charge in [-0.05, 0) is 69.0 Å². The minimum Gasteiger partial charge on any atom is -0.495 e. The van der Waals surface area contributed by atoms with Gasteiger partial charge in [-0.15, -0.1) is 0 Å². The summed E-state index contributed by atoms with van der Waals surface area (Å²) in [4.78, 5) is 29.6. The van der Waals surface area contributed by atoms with Gasteiger partial charge in [0.25, 0.3) is 10.0 Å². The van der Waals surface area contributed by atoms with Gasteiger partial charge < -0.3 is 15.0 Å². The van der Waals surface area contributed by atoms with Crippen LogP contribution in [0.15, 0.2) is 71.6 Å². The van der Waals surface area contributed by atoms with Gasteiger partial charge in [-0.25, -0.2) is 8.42 Å². The van der Waals surface area contributed by atoms with Gasteiger partial charge in [0.05, 0.1) is 22.7 Å². The zero-order valence-electron chi connectivity index (χ0n) is 25.9. The lowest BCUT2D eigenvalue weighted by Crippen LogP contribution is -2.54. The highest BCUT2D eigenvalue weighted by atomic mass is 35.5. The normalized spacial score (nSPS) is 14.5. The van der Waals surface area contributed by atoms with Crippen molar-refractivity contribution in [2.45, 2.75) is 82.8 Å². The molecule has 0 aromatic heterocycles. The van der Waals surface area contributed by atoms with Crippen molar-refractivity contribution in [2.75, 3.05) is 18.0 Å². The molecule has 4 rings (SSSR count). The Morgan fingerprint density at radius 2 is 1.68 bits per heavy atom. The fourth-order valence-electron chi connectivity index (χ4n) is 5.65. The Morgan fingerprint density at radius 3 is 2.30 bits per heavy atom. The number of carbonyl (C=O) groups excluding carboxylic acids is 2. The third-order valence-electron chi connectivity index (χ3n) is 8.08. The Hall–Kier alpha value is -3.56. The lowest BCUT2D eigenvalue weighted by molar-refractivity contribution is -0.140. The van der Waals surface area contributed by atoms with Crippen LogP contribution in [-0.4, -0.2) is 50.9 Å². The van der Waals surface area contributed by atoms with E-state index in [1.165, 1.54) is 30.2 Å². The molecule has 8 nitrogen and oxygen atoms in total.